The molecule has 2 fully saturated rings. The number of nitrogens with two attached hydrogens (primary N) is 1. The van der Waals surface area contributed by atoms with E-state index in [9.17, 15) is 4.79 Å². The van der Waals surface area contributed by atoms with Gasteiger partial charge in [-0.3, -0.25) is 14.7 Å². The van der Waals surface area contributed by atoms with Crippen molar-refractivity contribution in [2.75, 3.05) is 39.0 Å². The SMILES string of the molecule is CON=C(c1ccncc1)C1CCN(C(=O)C2CCN(Cc3ccnc(N)c3)CC2)CC1. The molecule has 170 valence electrons. The minimum absolute atomic E-state index is 0.123. The second kappa shape index (κ2) is 10.5. The average Bonchev–Trinajstić information content (AvgIpc) is 2.83. The predicted octanol–water partition coefficient (Wildman–Crippen LogP) is 2.56. The van der Waals surface area contributed by atoms with Crippen LogP contribution in [0.3, 0.4) is 0 Å². The molecule has 0 spiro atoms. The largest absolute Gasteiger partial charge is 0.399 e. The number of pyridine rings is 2. The normalized spacial score (nSPS) is 19.2. The van der Waals surface area contributed by atoms with Gasteiger partial charge in [-0.1, -0.05) is 5.16 Å². The number of aromatic nitrogens is 2. The Balaban J connectivity index is 1.27. The summed E-state index contributed by atoms with van der Waals surface area (Å²) in [6, 6.07) is 7.85. The molecule has 4 heterocycles. The number of carbonyl (C=O) groups is 1. The van der Waals surface area contributed by atoms with Crippen LogP contribution in [-0.4, -0.2) is 64.7 Å². The molecule has 8 nitrogen and oxygen atoms in total. The van der Waals surface area contributed by atoms with Gasteiger partial charge in [-0.2, -0.15) is 0 Å². The van der Waals surface area contributed by atoms with Crippen molar-refractivity contribution in [3.8, 4) is 0 Å². The molecule has 0 bridgehead atoms. The van der Waals surface area contributed by atoms with E-state index >= 15 is 0 Å². The van der Waals surface area contributed by atoms with Crippen LogP contribution in [0.25, 0.3) is 0 Å². The molecule has 0 aromatic carbocycles. The molecule has 2 N–H and O–H groups in total. The molecule has 2 saturated heterocycles. The molecule has 0 radical (unpaired) electrons. The van der Waals surface area contributed by atoms with E-state index in [1.807, 2.05) is 24.3 Å². The Hall–Kier alpha value is -3.00. The Morgan fingerprint density at radius 3 is 2.41 bits per heavy atom. The van der Waals surface area contributed by atoms with Crippen LogP contribution in [0.2, 0.25) is 0 Å². The molecule has 1 amide bonds. The van der Waals surface area contributed by atoms with Crippen molar-refractivity contribution in [2.24, 2.45) is 17.0 Å². The number of nitrogen functional groups attached to an aromatic ring is 1. The molecule has 2 aromatic heterocycles. The minimum atomic E-state index is 0.123. The lowest BCUT2D eigenvalue weighted by Gasteiger charge is -2.37. The van der Waals surface area contributed by atoms with Gasteiger partial charge in [-0.15, -0.1) is 0 Å². The van der Waals surface area contributed by atoms with Crippen molar-refractivity contribution in [1.82, 2.24) is 19.8 Å². The van der Waals surface area contributed by atoms with Crippen LogP contribution in [-0.2, 0) is 16.2 Å². The van der Waals surface area contributed by atoms with E-state index in [4.69, 9.17) is 10.6 Å². The number of amides is 1. The van der Waals surface area contributed by atoms with Crippen molar-refractivity contribution < 1.29 is 9.63 Å². The quantitative estimate of drug-likeness (QED) is 0.552. The maximum absolute atomic E-state index is 13.2. The lowest BCUT2D eigenvalue weighted by molar-refractivity contribution is -0.138. The first-order valence-electron chi connectivity index (χ1n) is 11.4. The zero-order chi connectivity index (χ0) is 22.3. The van der Waals surface area contributed by atoms with Gasteiger partial charge in [0.2, 0.25) is 5.91 Å². The second-order valence-electron chi connectivity index (χ2n) is 8.63. The number of rotatable bonds is 6. The monoisotopic (exact) mass is 436 g/mol. The molecular weight excluding hydrogens is 404 g/mol. The first kappa shape index (κ1) is 22.2. The Kier molecular flexibility index (Phi) is 7.32. The number of carbonyl (C=O) groups excluding carboxylic acids is 1. The molecule has 0 aliphatic carbocycles. The fraction of sp³-hybridized carbons (Fsp3) is 0.500. The summed E-state index contributed by atoms with van der Waals surface area (Å²) in [4.78, 5) is 30.9. The standard InChI is InChI=1S/C24H32N6O2/c1-32-28-23(19-3-9-26-10-4-19)20-7-14-30(15-8-20)24(31)21-5-12-29(13-6-21)17-18-2-11-27-22(25)16-18/h2-4,9-11,16,20-21H,5-8,12-15,17H2,1H3,(H2,25,27). The lowest BCUT2D eigenvalue weighted by atomic mass is 9.87. The fourth-order valence-corrected chi connectivity index (χ4v) is 4.80. The van der Waals surface area contributed by atoms with Crippen molar-refractivity contribution in [1.29, 1.82) is 0 Å². The topological polar surface area (TPSA) is 96.9 Å². The van der Waals surface area contributed by atoms with E-state index in [1.165, 1.54) is 5.56 Å². The van der Waals surface area contributed by atoms with Crippen LogP contribution < -0.4 is 5.73 Å². The van der Waals surface area contributed by atoms with Crippen LogP contribution >= 0.6 is 0 Å². The summed E-state index contributed by atoms with van der Waals surface area (Å²) >= 11 is 0. The van der Waals surface area contributed by atoms with Crippen molar-refractivity contribution in [3.63, 3.8) is 0 Å². The van der Waals surface area contributed by atoms with E-state index in [-0.39, 0.29) is 11.8 Å². The summed E-state index contributed by atoms with van der Waals surface area (Å²) in [5.74, 6) is 1.28. The van der Waals surface area contributed by atoms with Crippen molar-refractivity contribution >= 4 is 17.4 Å². The highest BCUT2D eigenvalue weighted by molar-refractivity contribution is 6.02. The van der Waals surface area contributed by atoms with E-state index in [2.05, 4.69) is 24.9 Å². The maximum atomic E-state index is 13.2. The lowest BCUT2D eigenvalue weighted by Crippen LogP contribution is -2.46. The second-order valence-corrected chi connectivity index (χ2v) is 8.63. The molecule has 2 aliphatic heterocycles. The zero-order valence-electron chi connectivity index (χ0n) is 18.7. The van der Waals surface area contributed by atoms with Gasteiger partial charge >= 0.3 is 0 Å². The molecular formula is C24H32N6O2. The van der Waals surface area contributed by atoms with Crippen LogP contribution in [0.4, 0.5) is 5.82 Å². The zero-order valence-corrected chi connectivity index (χ0v) is 18.7. The Labute approximate surface area is 189 Å². The number of nitrogens with zero attached hydrogens (tertiary/aromatic N) is 5. The van der Waals surface area contributed by atoms with Gasteiger partial charge in [0.1, 0.15) is 12.9 Å². The minimum Gasteiger partial charge on any atom is -0.399 e. The van der Waals surface area contributed by atoms with Gasteiger partial charge < -0.3 is 15.5 Å². The Morgan fingerprint density at radius 2 is 1.75 bits per heavy atom. The number of oxime groups is 1. The van der Waals surface area contributed by atoms with Gasteiger partial charge in [0, 0.05) is 55.6 Å². The summed E-state index contributed by atoms with van der Waals surface area (Å²) in [7, 11) is 1.58. The predicted molar refractivity (Wildman–Crippen MR) is 124 cm³/mol. The summed E-state index contributed by atoms with van der Waals surface area (Å²) in [5.41, 5.74) is 8.95. The summed E-state index contributed by atoms with van der Waals surface area (Å²) in [6.07, 6.45) is 8.92. The van der Waals surface area contributed by atoms with Gasteiger partial charge in [0.15, 0.2) is 0 Å². The van der Waals surface area contributed by atoms with Crippen molar-refractivity contribution in [2.45, 2.75) is 32.2 Å². The first-order chi connectivity index (χ1) is 15.6. The highest BCUT2D eigenvalue weighted by Crippen LogP contribution is 2.27. The van der Waals surface area contributed by atoms with Crippen LogP contribution in [0.1, 0.15) is 36.8 Å². The fourth-order valence-electron chi connectivity index (χ4n) is 4.80. The van der Waals surface area contributed by atoms with E-state index in [1.54, 1.807) is 25.7 Å². The maximum Gasteiger partial charge on any atom is 0.225 e. The van der Waals surface area contributed by atoms with Gasteiger partial charge in [0.05, 0.1) is 5.71 Å². The molecule has 8 heteroatoms. The molecule has 0 saturated carbocycles. The van der Waals surface area contributed by atoms with Gasteiger partial charge in [-0.25, -0.2) is 4.98 Å². The van der Waals surface area contributed by atoms with E-state index in [0.717, 1.165) is 69.7 Å². The van der Waals surface area contributed by atoms with Gasteiger partial charge in [-0.05, 0) is 68.6 Å². The number of hydrogen-bond acceptors (Lipinski definition) is 7. The third kappa shape index (κ3) is 5.43. The first-order valence-corrected chi connectivity index (χ1v) is 11.4. The van der Waals surface area contributed by atoms with Crippen LogP contribution in [0.5, 0.6) is 0 Å². The molecule has 2 aromatic rings. The van der Waals surface area contributed by atoms with Gasteiger partial charge in [0.25, 0.3) is 0 Å². The number of hydrogen-bond donors (Lipinski definition) is 1. The third-order valence-corrected chi connectivity index (χ3v) is 6.55. The molecule has 32 heavy (non-hydrogen) atoms. The smallest absolute Gasteiger partial charge is 0.225 e. The van der Waals surface area contributed by atoms with Crippen LogP contribution in [0.15, 0.2) is 48.0 Å². The molecule has 4 rings (SSSR count). The molecule has 0 atom stereocenters. The average molecular weight is 437 g/mol. The number of anilines is 1. The third-order valence-electron chi connectivity index (χ3n) is 6.55. The summed E-state index contributed by atoms with van der Waals surface area (Å²) < 4.78 is 0. The number of piperidine rings is 2. The van der Waals surface area contributed by atoms with Crippen molar-refractivity contribution in [3.05, 3.63) is 54.0 Å². The van der Waals surface area contributed by atoms with E-state index < -0.39 is 0 Å². The number of likely N-dealkylation sites (tertiary alicyclic amines) is 2. The Bertz CT molecular complexity index is 919. The highest BCUT2D eigenvalue weighted by atomic mass is 16.6. The summed E-state index contributed by atoms with van der Waals surface area (Å²) in [5, 5.41) is 4.29. The summed E-state index contributed by atoms with van der Waals surface area (Å²) in [6.45, 7) is 4.26. The van der Waals surface area contributed by atoms with E-state index in [0.29, 0.717) is 11.7 Å². The Morgan fingerprint density at radius 1 is 1.06 bits per heavy atom. The molecule has 0 unspecified atom stereocenters. The van der Waals surface area contributed by atoms with Crippen LogP contribution in [0, 0.1) is 11.8 Å². The molecule has 2 aliphatic rings. The highest BCUT2D eigenvalue weighted by Gasteiger charge is 2.32.